The second-order valence-corrected chi connectivity index (χ2v) is 5.06. The van der Waals surface area contributed by atoms with E-state index < -0.39 is 0 Å². The Bertz CT molecular complexity index is 432. The number of nitrogens with one attached hydrogen (secondary N) is 1. The predicted molar refractivity (Wildman–Crippen MR) is 71.4 cm³/mol. The van der Waals surface area contributed by atoms with E-state index in [1.165, 1.54) is 0 Å². The standard InChI is InChI=1S/C11H11BrN2OS/c1-7-6-10(15)13-11(16)14(7)9-4-2-8(12)3-5-9/h2-5,7H,6H2,1H3,(H,13,15,16). The number of amides is 1. The van der Waals surface area contributed by atoms with Crippen molar-refractivity contribution in [1.82, 2.24) is 5.32 Å². The normalized spacial score (nSPS) is 20.9. The fraction of sp³-hybridized carbons (Fsp3) is 0.273. The van der Waals surface area contributed by atoms with Gasteiger partial charge in [-0.2, -0.15) is 0 Å². The molecule has 16 heavy (non-hydrogen) atoms. The van der Waals surface area contributed by atoms with E-state index in [9.17, 15) is 4.79 Å². The van der Waals surface area contributed by atoms with Crippen LogP contribution in [-0.4, -0.2) is 17.1 Å². The van der Waals surface area contributed by atoms with Crippen LogP contribution in [0.15, 0.2) is 28.7 Å². The number of hydrogen-bond acceptors (Lipinski definition) is 2. The predicted octanol–water partition coefficient (Wildman–Crippen LogP) is 2.45. The third kappa shape index (κ3) is 2.25. The van der Waals surface area contributed by atoms with Gasteiger partial charge in [0.2, 0.25) is 5.91 Å². The molecule has 1 N–H and O–H groups in total. The van der Waals surface area contributed by atoms with Gasteiger partial charge in [-0.3, -0.25) is 4.79 Å². The van der Waals surface area contributed by atoms with Gasteiger partial charge in [0.1, 0.15) is 0 Å². The highest BCUT2D eigenvalue weighted by atomic mass is 79.9. The average Bonchev–Trinajstić information content (AvgIpc) is 2.19. The summed E-state index contributed by atoms with van der Waals surface area (Å²) in [6, 6.07) is 7.97. The Morgan fingerprint density at radius 3 is 2.62 bits per heavy atom. The largest absolute Gasteiger partial charge is 0.315 e. The zero-order chi connectivity index (χ0) is 11.7. The Morgan fingerprint density at radius 2 is 2.06 bits per heavy atom. The van der Waals surface area contributed by atoms with Crippen LogP contribution in [0.3, 0.4) is 0 Å². The molecular weight excluding hydrogens is 288 g/mol. The molecule has 1 atom stereocenters. The quantitative estimate of drug-likeness (QED) is 0.809. The molecule has 1 aromatic carbocycles. The fourth-order valence-electron chi connectivity index (χ4n) is 1.76. The summed E-state index contributed by atoms with van der Waals surface area (Å²) in [5, 5.41) is 3.16. The van der Waals surface area contributed by atoms with Gasteiger partial charge in [-0.1, -0.05) is 15.9 Å². The lowest BCUT2D eigenvalue weighted by atomic mass is 10.1. The van der Waals surface area contributed by atoms with Gasteiger partial charge in [0.05, 0.1) is 0 Å². The van der Waals surface area contributed by atoms with E-state index in [4.69, 9.17) is 12.2 Å². The summed E-state index contributed by atoms with van der Waals surface area (Å²) >= 11 is 8.57. The minimum Gasteiger partial charge on any atom is -0.315 e. The van der Waals surface area contributed by atoms with Gasteiger partial charge in [-0.15, -0.1) is 0 Å². The summed E-state index contributed by atoms with van der Waals surface area (Å²) in [7, 11) is 0. The first-order chi connectivity index (χ1) is 7.58. The van der Waals surface area contributed by atoms with E-state index in [0.29, 0.717) is 11.5 Å². The molecule has 0 spiro atoms. The van der Waals surface area contributed by atoms with Gasteiger partial charge in [0.15, 0.2) is 5.11 Å². The Hall–Kier alpha value is -0.940. The highest BCUT2D eigenvalue weighted by Crippen LogP contribution is 2.23. The molecule has 3 nitrogen and oxygen atoms in total. The molecule has 1 amide bonds. The number of thiocarbonyl (C=S) groups is 1. The van der Waals surface area contributed by atoms with Crippen molar-refractivity contribution in [3.05, 3.63) is 28.7 Å². The lowest BCUT2D eigenvalue weighted by Crippen LogP contribution is -2.54. The molecule has 1 fully saturated rings. The van der Waals surface area contributed by atoms with Crippen molar-refractivity contribution in [2.45, 2.75) is 19.4 Å². The molecule has 1 saturated heterocycles. The van der Waals surface area contributed by atoms with Crippen LogP contribution >= 0.6 is 28.1 Å². The first-order valence-corrected chi connectivity index (χ1v) is 6.16. The Morgan fingerprint density at radius 1 is 1.44 bits per heavy atom. The summed E-state index contributed by atoms with van der Waals surface area (Å²) in [5.41, 5.74) is 1.00. The molecular formula is C11H11BrN2OS. The van der Waals surface area contributed by atoms with Crippen molar-refractivity contribution >= 4 is 44.9 Å². The van der Waals surface area contributed by atoms with Crippen LogP contribution in [0.2, 0.25) is 0 Å². The first kappa shape index (κ1) is 11.5. The monoisotopic (exact) mass is 298 g/mol. The lowest BCUT2D eigenvalue weighted by Gasteiger charge is -2.35. The maximum atomic E-state index is 11.3. The molecule has 1 aromatic rings. The van der Waals surface area contributed by atoms with Crippen LogP contribution in [0.25, 0.3) is 0 Å². The second kappa shape index (κ2) is 4.51. The number of carbonyl (C=O) groups excluding carboxylic acids is 1. The third-order valence-corrected chi connectivity index (χ3v) is 3.32. The molecule has 84 valence electrons. The van der Waals surface area contributed by atoms with E-state index >= 15 is 0 Å². The number of nitrogens with zero attached hydrogens (tertiary/aromatic N) is 1. The van der Waals surface area contributed by atoms with Crippen molar-refractivity contribution < 1.29 is 4.79 Å². The fourth-order valence-corrected chi connectivity index (χ4v) is 2.43. The van der Waals surface area contributed by atoms with Gasteiger partial charge in [-0.25, -0.2) is 0 Å². The Kier molecular flexibility index (Phi) is 3.25. The van der Waals surface area contributed by atoms with E-state index in [2.05, 4.69) is 21.2 Å². The summed E-state index contributed by atoms with van der Waals surface area (Å²) in [6.07, 6.45) is 0.468. The third-order valence-electron chi connectivity index (χ3n) is 2.49. The summed E-state index contributed by atoms with van der Waals surface area (Å²) in [5.74, 6) is -0.00846. The molecule has 1 aliphatic rings. The lowest BCUT2D eigenvalue weighted by molar-refractivity contribution is -0.120. The number of rotatable bonds is 1. The van der Waals surface area contributed by atoms with Gasteiger partial charge >= 0.3 is 0 Å². The maximum absolute atomic E-state index is 11.3. The van der Waals surface area contributed by atoms with E-state index in [1.807, 2.05) is 36.1 Å². The first-order valence-electron chi connectivity index (χ1n) is 4.96. The molecule has 1 heterocycles. The van der Waals surface area contributed by atoms with Crippen molar-refractivity contribution in [2.75, 3.05) is 4.90 Å². The maximum Gasteiger partial charge on any atom is 0.228 e. The molecule has 2 rings (SSSR count). The van der Waals surface area contributed by atoms with Crippen LogP contribution in [0.5, 0.6) is 0 Å². The van der Waals surface area contributed by atoms with Gasteiger partial charge < -0.3 is 10.2 Å². The molecule has 1 aliphatic heterocycles. The number of benzene rings is 1. The second-order valence-electron chi connectivity index (χ2n) is 3.75. The molecule has 1 unspecified atom stereocenters. The minimum atomic E-state index is -0.00846. The zero-order valence-corrected chi connectivity index (χ0v) is 11.1. The number of carbonyl (C=O) groups is 1. The Balaban J connectivity index is 2.29. The molecule has 0 bridgehead atoms. The van der Waals surface area contributed by atoms with E-state index in [1.54, 1.807) is 0 Å². The molecule has 5 heteroatoms. The number of halogens is 1. The van der Waals surface area contributed by atoms with Gasteiger partial charge in [0.25, 0.3) is 0 Å². The highest BCUT2D eigenvalue weighted by Gasteiger charge is 2.27. The van der Waals surface area contributed by atoms with Crippen molar-refractivity contribution in [2.24, 2.45) is 0 Å². The van der Waals surface area contributed by atoms with Gasteiger partial charge in [-0.05, 0) is 43.4 Å². The zero-order valence-electron chi connectivity index (χ0n) is 8.74. The topological polar surface area (TPSA) is 32.3 Å². The minimum absolute atomic E-state index is 0.00846. The van der Waals surface area contributed by atoms with Crippen LogP contribution in [0.4, 0.5) is 5.69 Å². The summed E-state index contributed by atoms with van der Waals surface area (Å²) < 4.78 is 1.02. The smallest absolute Gasteiger partial charge is 0.228 e. The molecule has 0 aliphatic carbocycles. The van der Waals surface area contributed by atoms with E-state index in [-0.39, 0.29) is 11.9 Å². The SMILES string of the molecule is CC1CC(=O)NC(=S)N1c1ccc(Br)cc1. The van der Waals surface area contributed by atoms with Crippen molar-refractivity contribution in [1.29, 1.82) is 0 Å². The highest BCUT2D eigenvalue weighted by molar-refractivity contribution is 9.10. The van der Waals surface area contributed by atoms with Crippen molar-refractivity contribution in [3.8, 4) is 0 Å². The molecule has 0 radical (unpaired) electrons. The average molecular weight is 299 g/mol. The van der Waals surface area contributed by atoms with Crippen LogP contribution in [0, 0.1) is 0 Å². The number of hydrogen-bond donors (Lipinski definition) is 1. The van der Waals surface area contributed by atoms with Crippen LogP contribution in [-0.2, 0) is 4.79 Å². The van der Waals surface area contributed by atoms with Crippen LogP contribution in [0.1, 0.15) is 13.3 Å². The molecule has 0 saturated carbocycles. The van der Waals surface area contributed by atoms with Gasteiger partial charge in [0, 0.05) is 22.6 Å². The number of anilines is 1. The summed E-state index contributed by atoms with van der Waals surface area (Å²) in [4.78, 5) is 13.2. The van der Waals surface area contributed by atoms with Crippen LogP contribution < -0.4 is 10.2 Å². The Labute approximate surface area is 108 Å². The van der Waals surface area contributed by atoms with E-state index in [0.717, 1.165) is 10.2 Å². The van der Waals surface area contributed by atoms with Crippen molar-refractivity contribution in [3.63, 3.8) is 0 Å². The summed E-state index contributed by atoms with van der Waals surface area (Å²) in [6.45, 7) is 1.99. The molecule has 0 aromatic heterocycles.